The first-order valence-corrected chi connectivity index (χ1v) is 15.4. The molecule has 0 aliphatic carbocycles. The van der Waals surface area contributed by atoms with Crippen LogP contribution in [0.25, 0.3) is 6.08 Å². The number of methoxy groups -OCH3 is 2. The van der Waals surface area contributed by atoms with Gasteiger partial charge in [-0.05, 0) is 55.8 Å². The molecule has 1 aliphatic rings. The predicted molar refractivity (Wildman–Crippen MR) is 161 cm³/mol. The van der Waals surface area contributed by atoms with Crippen molar-refractivity contribution in [3.63, 3.8) is 0 Å². The Labute approximate surface area is 251 Å². The van der Waals surface area contributed by atoms with Gasteiger partial charge in [-0.2, -0.15) is 8.42 Å². The van der Waals surface area contributed by atoms with Crippen molar-refractivity contribution < 1.29 is 31.6 Å². The van der Waals surface area contributed by atoms with E-state index in [0.29, 0.717) is 33.1 Å². The van der Waals surface area contributed by atoms with Crippen LogP contribution in [-0.4, -0.2) is 39.8 Å². The fourth-order valence-electron chi connectivity index (χ4n) is 4.70. The van der Waals surface area contributed by atoms with Gasteiger partial charge in [0.1, 0.15) is 10.6 Å². The van der Waals surface area contributed by atoms with Crippen molar-refractivity contribution in [2.75, 3.05) is 20.8 Å². The number of aromatic nitrogens is 1. The average Bonchev–Trinajstić information content (AvgIpc) is 3.31. The Balaban J connectivity index is 1.67. The molecule has 2 heterocycles. The number of rotatable bonds is 9. The van der Waals surface area contributed by atoms with Crippen molar-refractivity contribution in [1.29, 1.82) is 0 Å². The lowest BCUT2D eigenvalue weighted by atomic mass is 9.95. The highest BCUT2D eigenvalue weighted by Gasteiger charge is 2.34. The summed E-state index contributed by atoms with van der Waals surface area (Å²) in [5.41, 5.74) is 1.14. The normalized spacial score (nSPS) is 15.0. The fraction of sp³-hybridized carbons (Fsp3) is 0.194. The number of allylic oxidation sites excluding steroid dienone is 1. The van der Waals surface area contributed by atoms with E-state index in [1.54, 1.807) is 74.5 Å². The number of hydrogen-bond acceptors (Lipinski definition) is 10. The van der Waals surface area contributed by atoms with Crippen molar-refractivity contribution in [3.8, 4) is 17.2 Å². The molecule has 12 heteroatoms. The van der Waals surface area contributed by atoms with E-state index < -0.39 is 27.7 Å². The Kier molecular flexibility index (Phi) is 8.51. The molecule has 222 valence electrons. The Hall–Kier alpha value is -4.68. The van der Waals surface area contributed by atoms with E-state index in [1.165, 1.54) is 37.0 Å². The number of carbonyl (C=O) groups is 1. The molecule has 0 N–H and O–H groups in total. The highest BCUT2D eigenvalue weighted by Crippen LogP contribution is 2.36. The fourth-order valence-corrected chi connectivity index (χ4v) is 6.71. The van der Waals surface area contributed by atoms with Gasteiger partial charge in [0, 0.05) is 5.56 Å². The van der Waals surface area contributed by atoms with Gasteiger partial charge in [-0.25, -0.2) is 9.79 Å². The first-order valence-electron chi connectivity index (χ1n) is 13.2. The number of para-hydroxylation sites is 1. The van der Waals surface area contributed by atoms with Gasteiger partial charge in [-0.3, -0.25) is 9.36 Å². The summed E-state index contributed by atoms with van der Waals surface area (Å²) in [6, 6.07) is 18.6. The highest BCUT2D eigenvalue weighted by atomic mass is 32.2. The number of thiazole rings is 1. The Morgan fingerprint density at radius 1 is 0.977 bits per heavy atom. The zero-order chi connectivity index (χ0) is 30.7. The summed E-state index contributed by atoms with van der Waals surface area (Å²) in [6.45, 7) is 3.53. The second kappa shape index (κ2) is 12.3. The molecule has 0 fully saturated rings. The van der Waals surface area contributed by atoms with Crippen LogP contribution in [0.4, 0.5) is 0 Å². The lowest BCUT2D eigenvalue weighted by Gasteiger charge is -2.25. The largest absolute Gasteiger partial charge is 0.493 e. The van der Waals surface area contributed by atoms with Gasteiger partial charge in [-0.1, -0.05) is 53.8 Å². The van der Waals surface area contributed by atoms with Gasteiger partial charge in [0.2, 0.25) is 0 Å². The van der Waals surface area contributed by atoms with Crippen molar-refractivity contribution in [2.45, 2.75) is 24.8 Å². The van der Waals surface area contributed by atoms with Crippen LogP contribution >= 0.6 is 11.3 Å². The number of ether oxygens (including phenoxy) is 3. The van der Waals surface area contributed by atoms with Crippen LogP contribution in [0, 0.1) is 0 Å². The van der Waals surface area contributed by atoms with Crippen LogP contribution in [0.5, 0.6) is 17.2 Å². The molecule has 1 atom stereocenters. The second-order valence-corrected chi connectivity index (χ2v) is 11.9. The molecule has 0 radical (unpaired) electrons. The highest BCUT2D eigenvalue weighted by molar-refractivity contribution is 7.87. The maximum atomic E-state index is 14.0. The minimum Gasteiger partial charge on any atom is -0.493 e. The summed E-state index contributed by atoms with van der Waals surface area (Å²) in [5, 5.41) is 0. The minimum atomic E-state index is -4.13. The van der Waals surface area contributed by atoms with E-state index >= 15 is 0 Å². The van der Waals surface area contributed by atoms with Gasteiger partial charge >= 0.3 is 16.1 Å². The van der Waals surface area contributed by atoms with E-state index in [9.17, 15) is 18.0 Å². The number of hydrogen-bond donors (Lipinski definition) is 0. The average molecular weight is 621 g/mol. The lowest BCUT2D eigenvalue weighted by molar-refractivity contribution is -0.139. The van der Waals surface area contributed by atoms with Crippen LogP contribution in [0.1, 0.15) is 31.0 Å². The van der Waals surface area contributed by atoms with Crippen LogP contribution in [-0.2, 0) is 19.6 Å². The molecular weight excluding hydrogens is 592 g/mol. The molecule has 0 spiro atoms. The summed E-state index contributed by atoms with van der Waals surface area (Å²) in [4.78, 5) is 32.2. The smallest absolute Gasteiger partial charge is 0.339 e. The molecule has 1 aliphatic heterocycles. The predicted octanol–water partition coefficient (Wildman–Crippen LogP) is 3.58. The van der Waals surface area contributed by atoms with E-state index in [4.69, 9.17) is 18.4 Å². The molecule has 0 bridgehead atoms. The quantitative estimate of drug-likeness (QED) is 0.206. The molecule has 5 rings (SSSR count). The van der Waals surface area contributed by atoms with Gasteiger partial charge in [-0.15, -0.1) is 0 Å². The lowest BCUT2D eigenvalue weighted by Crippen LogP contribution is -2.40. The summed E-state index contributed by atoms with van der Waals surface area (Å²) >= 11 is 1.11. The molecule has 10 nitrogen and oxygen atoms in total. The molecule has 0 saturated heterocycles. The molecule has 1 unspecified atom stereocenters. The summed E-state index contributed by atoms with van der Waals surface area (Å²) in [5.74, 6) is 0.365. The van der Waals surface area contributed by atoms with Crippen molar-refractivity contribution in [2.24, 2.45) is 4.99 Å². The van der Waals surface area contributed by atoms with Crippen molar-refractivity contribution in [3.05, 3.63) is 115 Å². The Morgan fingerprint density at radius 2 is 1.67 bits per heavy atom. The number of nitrogens with zero attached hydrogens (tertiary/aromatic N) is 2. The van der Waals surface area contributed by atoms with Crippen LogP contribution in [0.15, 0.2) is 98.7 Å². The number of benzene rings is 3. The molecule has 0 amide bonds. The van der Waals surface area contributed by atoms with Crippen molar-refractivity contribution >= 4 is 33.5 Å². The second-order valence-electron chi connectivity index (χ2n) is 9.31. The van der Waals surface area contributed by atoms with E-state index in [-0.39, 0.29) is 27.4 Å². The third-order valence-electron chi connectivity index (χ3n) is 6.68. The number of fused-ring (bicyclic) bond motifs is 1. The third kappa shape index (κ3) is 5.84. The molecular formula is C31H28N2O8S2. The van der Waals surface area contributed by atoms with Crippen LogP contribution in [0.2, 0.25) is 0 Å². The molecule has 1 aromatic heterocycles. The molecule has 4 aromatic rings. The molecule has 0 saturated carbocycles. The minimum absolute atomic E-state index is 0.000987. The van der Waals surface area contributed by atoms with Gasteiger partial charge in [0.25, 0.3) is 5.56 Å². The SMILES string of the molecule is CCOC(=O)C1=C(C)N=c2s/c(=C\c3ccccc3OS(=O)(=O)c3ccccc3)c(=O)n2C1c1ccc(OC)c(OC)c1. The Bertz CT molecular complexity index is 2010. The summed E-state index contributed by atoms with van der Waals surface area (Å²) in [6.07, 6.45) is 1.55. The topological polar surface area (TPSA) is 122 Å². The van der Waals surface area contributed by atoms with Crippen molar-refractivity contribution in [1.82, 2.24) is 4.57 Å². The van der Waals surface area contributed by atoms with Gasteiger partial charge < -0.3 is 18.4 Å². The van der Waals surface area contributed by atoms with E-state index in [1.807, 2.05) is 0 Å². The van der Waals surface area contributed by atoms with Gasteiger partial charge in [0.05, 0.1) is 42.7 Å². The maximum Gasteiger partial charge on any atom is 0.339 e. The Morgan fingerprint density at radius 3 is 2.37 bits per heavy atom. The van der Waals surface area contributed by atoms with E-state index in [2.05, 4.69) is 4.99 Å². The molecule has 43 heavy (non-hydrogen) atoms. The molecule has 3 aromatic carbocycles. The van der Waals surface area contributed by atoms with E-state index in [0.717, 1.165) is 11.3 Å². The van der Waals surface area contributed by atoms with Crippen LogP contribution in [0.3, 0.4) is 0 Å². The monoisotopic (exact) mass is 620 g/mol. The zero-order valence-corrected chi connectivity index (χ0v) is 25.4. The maximum absolute atomic E-state index is 14.0. The number of carbonyl (C=O) groups excluding carboxylic acids is 1. The van der Waals surface area contributed by atoms with Gasteiger partial charge in [0.15, 0.2) is 16.3 Å². The number of esters is 1. The standard InChI is InChI=1S/C31H28N2O8S2/c1-5-40-30(35)27-19(2)32-31-33(28(27)21-15-16-24(38-3)25(17-21)39-4)29(34)26(42-31)18-20-11-9-10-14-23(20)41-43(36,37)22-12-7-6-8-13-22/h6-18,28H,5H2,1-4H3/b26-18-. The zero-order valence-electron chi connectivity index (χ0n) is 23.8. The summed E-state index contributed by atoms with van der Waals surface area (Å²) < 4.78 is 49.3. The third-order valence-corrected chi connectivity index (χ3v) is 8.91. The summed E-state index contributed by atoms with van der Waals surface area (Å²) in [7, 11) is -1.11. The first kappa shape index (κ1) is 29.8. The van der Waals surface area contributed by atoms with Crippen LogP contribution < -0.4 is 28.5 Å². The first-order chi connectivity index (χ1) is 20.7.